The van der Waals surface area contributed by atoms with E-state index in [1.54, 1.807) is 35.0 Å². The minimum Gasteiger partial charge on any atom is -0.360 e. The van der Waals surface area contributed by atoms with Gasteiger partial charge in [0.15, 0.2) is 0 Å². The Morgan fingerprint density at radius 3 is 2.76 bits per heavy atom. The Balaban J connectivity index is 0.00000220. The minimum atomic E-state index is -0.442. The van der Waals surface area contributed by atoms with Crippen molar-refractivity contribution in [2.45, 2.75) is 12.5 Å². The number of nitrogens with two attached hydrogens (primary N) is 1. The number of carbonyl (C=O) groups excluding carboxylic acids is 1. The molecule has 0 bridgehead atoms. The van der Waals surface area contributed by atoms with Crippen LogP contribution in [0.4, 0.5) is 11.4 Å². The summed E-state index contributed by atoms with van der Waals surface area (Å²) in [5.41, 5.74) is 6.21. The highest BCUT2D eigenvalue weighted by Gasteiger charge is 2.25. The highest BCUT2D eigenvalue weighted by molar-refractivity contribution is 5.85. The molecule has 0 aliphatic carbocycles. The van der Waals surface area contributed by atoms with E-state index in [0.29, 0.717) is 18.8 Å². The number of anilines is 1. The fraction of sp³-hybridized carbons (Fsp3) is 0.462. The molecule has 2 rings (SSSR count). The number of nitro benzene ring substituents is 1. The van der Waals surface area contributed by atoms with Gasteiger partial charge in [-0.2, -0.15) is 0 Å². The molecule has 7 nitrogen and oxygen atoms in total. The number of likely N-dealkylation sites (N-methyl/N-ethyl adjacent to an activating group) is 1. The molecule has 1 atom stereocenters. The second kappa shape index (κ2) is 7.24. The number of halogens is 1. The van der Waals surface area contributed by atoms with Crippen LogP contribution in [-0.4, -0.2) is 48.5 Å². The summed E-state index contributed by atoms with van der Waals surface area (Å²) in [6.45, 7) is 1.33. The topological polar surface area (TPSA) is 92.7 Å². The monoisotopic (exact) mass is 314 g/mol. The van der Waals surface area contributed by atoms with E-state index < -0.39 is 4.92 Å². The Bertz CT molecular complexity index is 526. The lowest BCUT2D eigenvalue weighted by molar-refractivity contribution is -0.384. The third-order valence-corrected chi connectivity index (χ3v) is 3.44. The van der Waals surface area contributed by atoms with E-state index in [0.717, 1.165) is 6.42 Å². The molecule has 1 fully saturated rings. The molecule has 1 aromatic rings. The number of para-hydroxylation sites is 2. The van der Waals surface area contributed by atoms with Gasteiger partial charge < -0.3 is 15.5 Å². The SMILES string of the molecule is CN(CC(=O)N1CC[C@@H](N)C1)c1ccccc1[N+](=O)[O-].Cl. The van der Waals surface area contributed by atoms with Gasteiger partial charge in [-0.1, -0.05) is 12.1 Å². The number of amides is 1. The van der Waals surface area contributed by atoms with Gasteiger partial charge >= 0.3 is 0 Å². The second-order valence-corrected chi connectivity index (χ2v) is 4.99. The zero-order valence-electron chi connectivity index (χ0n) is 11.8. The number of hydrogen-bond acceptors (Lipinski definition) is 5. The van der Waals surface area contributed by atoms with Crippen molar-refractivity contribution in [3.63, 3.8) is 0 Å². The summed E-state index contributed by atoms with van der Waals surface area (Å²) >= 11 is 0. The first kappa shape index (κ1) is 17.2. The van der Waals surface area contributed by atoms with Gasteiger partial charge in [0.25, 0.3) is 5.69 Å². The van der Waals surface area contributed by atoms with Crippen LogP contribution in [0.2, 0.25) is 0 Å². The third kappa shape index (κ3) is 4.05. The van der Waals surface area contributed by atoms with Crippen molar-refractivity contribution in [3.05, 3.63) is 34.4 Å². The summed E-state index contributed by atoms with van der Waals surface area (Å²) in [6.07, 6.45) is 0.806. The van der Waals surface area contributed by atoms with Crippen LogP contribution in [0.3, 0.4) is 0 Å². The molecule has 1 aliphatic heterocycles. The van der Waals surface area contributed by atoms with Crippen molar-refractivity contribution < 1.29 is 9.72 Å². The first-order chi connectivity index (χ1) is 9.49. The number of nitrogens with zero attached hydrogens (tertiary/aromatic N) is 3. The molecule has 2 N–H and O–H groups in total. The predicted octanol–water partition coefficient (Wildman–Crippen LogP) is 1.01. The number of carbonyl (C=O) groups is 1. The van der Waals surface area contributed by atoms with E-state index >= 15 is 0 Å². The Morgan fingerprint density at radius 2 is 2.19 bits per heavy atom. The van der Waals surface area contributed by atoms with Crippen molar-refractivity contribution in [3.8, 4) is 0 Å². The summed E-state index contributed by atoms with van der Waals surface area (Å²) in [5.74, 6) is -0.0569. The van der Waals surface area contributed by atoms with Crippen molar-refractivity contribution in [1.82, 2.24) is 4.90 Å². The van der Waals surface area contributed by atoms with Gasteiger partial charge in [-0.15, -0.1) is 12.4 Å². The normalized spacial score (nSPS) is 17.2. The molecule has 1 heterocycles. The van der Waals surface area contributed by atoms with Gasteiger partial charge in [-0.25, -0.2) is 0 Å². The first-order valence-electron chi connectivity index (χ1n) is 6.47. The highest BCUT2D eigenvalue weighted by atomic mass is 35.5. The summed E-state index contributed by atoms with van der Waals surface area (Å²) < 4.78 is 0. The molecule has 1 saturated heterocycles. The zero-order chi connectivity index (χ0) is 14.7. The Kier molecular flexibility index (Phi) is 5.92. The van der Waals surface area contributed by atoms with Gasteiger partial charge in [0.05, 0.1) is 11.5 Å². The average Bonchev–Trinajstić information content (AvgIpc) is 2.85. The van der Waals surface area contributed by atoms with E-state index in [2.05, 4.69) is 0 Å². The van der Waals surface area contributed by atoms with Gasteiger partial charge in [-0.05, 0) is 12.5 Å². The second-order valence-electron chi connectivity index (χ2n) is 4.99. The summed E-state index contributed by atoms with van der Waals surface area (Å²) in [4.78, 5) is 26.0. The first-order valence-corrected chi connectivity index (χ1v) is 6.47. The lowest BCUT2D eigenvalue weighted by Crippen LogP contribution is -2.39. The molecule has 1 amide bonds. The van der Waals surface area contributed by atoms with Crippen LogP contribution in [0.15, 0.2) is 24.3 Å². The predicted molar refractivity (Wildman–Crippen MR) is 82.8 cm³/mol. The Labute approximate surface area is 129 Å². The zero-order valence-corrected chi connectivity index (χ0v) is 12.6. The van der Waals surface area contributed by atoms with E-state index in [-0.39, 0.29) is 36.6 Å². The standard InChI is InChI=1S/C13H18N4O3.ClH/c1-15(9-13(18)16-7-6-10(14)8-16)11-4-2-3-5-12(11)17(19)20;/h2-5,10H,6-9,14H2,1H3;1H/t10-;/m1./s1. The molecular weight excluding hydrogens is 296 g/mol. The number of rotatable bonds is 4. The fourth-order valence-electron chi connectivity index (χ4n) is 2.34. The van der Waals surface area contributed by atoms with Crippen LogP contribution in [0.1, 0.15) is 6.42 Å². The largest absolute Gasteiger partial charge is 0.360 e. The molecular formula is C13H19ClN4O3. The number of likely N-dealkylation sites (tertiary alicyclic amines) is 1. The summed E-state index contributed by atoms with van der Waals surface area (Å²) in [7, 11) is 1.68. The van der Waals surface area contributed by atoms with E-state index in [1.807, 2.05) is 0 Å². The van der Waals surface area contributed by atoms with Gasteiger partial charge in [0.1, 0.15) is 5.69 Å². The highest BCUT2D eigenvalue weighted by Crippen LogP contribution is 2.26. The lowest BCUT2D eigenvalue weighted by atomic mass is 10.2. The molecule has 21 heavy (non-hydrogen) atoms. The molecule has 0 spiro atoms. The number of hydrogen-bond donors (Lipinski definition) is 1. The Hall–Kier alpha value is -1.86. The molecule has 8 heteroatoms. The van der Waals surface area contributed by atoms with Crippen molar-refractivity contribution in [2.75, 3.05) is 31.6 Å². The fourth-order valence-corrected chi connectivity index (χ4v) is 2.34. The molecule has 0 saturated carbocycles. The van der Waals surface area contributed by atoms with Crippen molar-refractivity contribution in [2.24, 2.45) is 5.73 Å². The average molecular weight is 315 g/mol. The maximum Gasteiger partial charge on any atom is 0.292 e. The Morgan fingerprint density at radius 1 is 1.52 bits per heavy atom. The molecule has 0 radical (unpaired) electrons. The van der Waals surface area contributed by atoms with Gasteiger partial charge in [0.2, 0.25) is 5.91 Å². The third-order valence-electron chi connectivity index (χ3n) is 3.44. The lowest BCUT2D eigenvalue weighted by Gasteiger charge is -2.22. The van der Waals surface area contributed by atoms with Crippen LogP contribution in [0.5, 0.6) is 0 Å². The smallest absolute Gasteiger partial charge is 0.292 e. The number of nitro groups is 1. The minimum absolute atomic E-state index is 0. The van der Waals surface area contributed by atoms with Crippen LogP contribution < -0.4 is 10.6 Å². The van der Waals surface area contributed by atoms with Gasteiger partial charge in [0, 0.05) is 32.2 Å². The van der Waals surface area contributed by atoms with Crippen molar-refractivity contribution in [1.29, 1.82) is 0 Å². The van der Waals surface area contributed by atoms with Crippen molar-refractivity contribution >= 4 is 29.7 Å². The molecule has 0 aromatic heterocycles. The van der Waals surface area contributed by atoms with Crippen LogP contribution >= 0.6 is 12.4 Å². The quantitative estimate of drug-likeness (QED) is 0.661. The maximum atomic E-state index is 12.1. The van der Waals surface area contributed by atoms with E-state index in [4.69, 9.17) is 5.73 Å². The molecule has 1 aliphatic rings. The van der Waals surface area contributed by atoms with E-state index in [1.165, 1.54) is 6.07 Å². The van der Waals surface area contributed by atoms with Gasteiger partial charge in [-0.3, -0.25) is 14.9 Å². The summed E-state index contributed by atoms with van der Waals surface area (Å²) in [6, 6.07) is 6.44. The molecule has 0 unspecified atom stereocenters. The van der Waals surface area contributed by atoms with Crippen LogP contribution in [-0.2, 0) is 4.79 Å². The summed E-state index contributed by atoms with van der Waals surface area (Å²) in [5, 5.41) is 11.0. The number of benzene rings is 1. The van der Waals surface area contributed by atoms with Crippen LogP contribution in [0, 0.1) is 10.1 Å². The maximum absolute atomic E-state index is 12.1. The van der Waals surface area contributed by atoms with Crippen LogP contribution in [0.25, 0.3) is 0 Å². The molecule has 116 valence electrons. The van der Waals surface area contributed by atoms with E-state index in [9.17, 15) is 14.9 Å². The molecule has 1 aromatic carbocycles.